The Labute approximate surface area is 141 Å². The van der Waals surface area contributed by atoms with Gasteiger partial charge in [0, 0.05) is 5.69 Å². The molecule has 0 radical (unpaired) electrons. The third-order valence-corrected chi connectivity index (χ3v) is 3.13. The fourth-order valence-corrected chi connectivity index (χ4v) is 2.04. The number of hydrogen-bond acceptors (Lipinski definition) is 4. The summed E-state index contributed by atoms with van der Waals surface area (Å²) in [6.07, 6.45) is 0.620. The molecule has 0 aliphatic carbocycles. The molecule has 1 N–H and O–H groups in total. The number of carbonyl (C=O) groups excluding carboxylic acids is 2. The van der Waals surface area contributed by atoms with Gasteiger partial charge in [0.1, 0.15) is 11.5 Å². The van der Waals surface area contributed by atoms with Crippen molar-refractivity contribution in [3.8, 4) is 11.5 Å². The van der Waals surface area contributed by atoms with E-state index < -0.39 is 12.5 Å². The summed E-state index contributed by atoms with van der Waals surface area (Å²) >= 11 is 5.79. The van der Waals surface area contributed by atoms with Gasteiger partial charge in [-0.2, -0.15) is 8.78 Å². The zero-order chi connectivity index (χ0) is 17.5. The molecular weight excluding hydrogens is 344 g/mol. The van der Waals surface area contributed by atoms with Crippen molar-refractivity contribution in [2.75, 3.05) is 11.9 Å². The lowest BCUT2D eigenvalue weighted by molar-refractivity contribution is -0.118. The standard InChI is InChI=1S/C16H12ClF2NO4/c17-12-7-11(5-6-14(12)24-16(18)19)20-15(22)9-23-13-4-2-1-3-10(13)8-21/h1-8,16H,9H2,(H,20,22). The number of hydrogen-bond donors (Lipinski definition) is 1. The lowest BCUT2D eigenvalue weighted by atomic mass is 10.2. The highest BCUT2D eigenvalue weighted by molar-refractivity contribution is 6.32. The Morgan fingerprint density at radius 1 is 1.21 bits per heavy atom. The number of aldehydes is 1. The molecule has 2 rings (SSSR count). The minimum absolute atomic E-state index is 0.0691. The van der Waals surface area contributed by atoms with Crippen molar-refractivity contribution >= 4 is 29.5 Å². The summed E-state index contributed by atoms with van der Waals surface area (Å²) in [5.41, 5.74) is 0.612. The second-order valence-corrected chi connectivity index (χ2v) is 4.92. The van der Waals surface area contributed by atoms with Gasteiger partial charge in [-0.05, 0) is 30.3 Å². The first-order valence-electron chi connectivity index (χ1n) is 6.71. The molecule has 24 heavy (non-hydrogen) atoms. The second kappa shape index (κ2) is 8.26. The average molecular weight is 356 g/mol. The number of amides is 1. The number of para-hydroxylation sites is 1. The van der Waals surface area contributed by atoms with E-state index in [1.807, 2.05) is 0 Å². The number of halogens is 3. The maximum Gasteiger partial charge on any atom is 0.387 e. The highest BCUT2D eigenvalue weighted by atomic mass is 35.5. The third kappa shape index (κ3) is 4.92. The van der Waals surface area contributed by atoms with E-state index in [1.165, 1.54) is 18.2 Å². The van der Waals surface area contributed by atoms with Crippen molar-refractivity contribution in [3.63, 3.8) is 0 Å². The number of alkyl halides is 2. The topological polar surface area (TPSA) is 64.6 Å². The highest BCUT2D eigenvalue weighted by Gasteiger charge is 2.11. The zero-order valence-electron chi connectivity index (χ0n) is 12.2. The zero-order valence-corrected chi connectivity index (χ0v) is 12.9. The summed E-state index contributed by atoms with van der Waals surface area (Å²) in [5.74, 6) is -0.420. The van der Waals surface area contributed by atoms with Crippen LogP contribution in [0.3, 0.4) is 0 Å². The number of rotatable bonds is 7. The molecule has 0 saturated carbocycles. The first-order chi connectivity index (χ1) is 11.5. The molecule has 0 atom stereocenters. The smallest absolute Gasteiger partial charge is 0.387 e. The van der Waals surface area contributed by atoms with Gasteiger partial charge in [-0.1, -0.05) is 23.7 Å². The molecule has 0 aliphatic rings. The van der Waals surface area contributed by atoms with Gasteiger partial charge < -0.3 is 14.8 Å². The summed E-state index contributed by atoms with van der Waals surface area (Å²) in [6.45, 7) is -3.33. The first-order valence-corrected chi connectivity index (χ1v) is 7.08. The van der Waals surface area contributed by atoms with E-state index in [1.54, 1.807) is 24.3 Å². The Hall–Kier alpha value is -2.67. The van der Waals surface area contributed by atoms with Gasteiger partial charge in [-0.3, -0.25) is 9.59 Å². The van der Waals surface area contributed by atoms with Crippen LogP contribution >= 0.6 is 11.6 Å². The monoisotopic (exact) mass is 355 g/mol. The van der Waals surface area contributed by atoms with Gasteiger partial charge in [0.05, 0.1) is 10.6 Å². The van der Waals surface area contributed by atoms with Crippen LogP contribution in [0.4, 0.5) is 14.5 Å². The van der Waals surface area contributed by atoms with Crippen LogP contribution < -0.4 is 14.8 Å². The molecule has 0 fully saturated rings. The summed E-state index contributed by atoms with van der Waals surface area (Å²) in [7, 11) is 0. The van der Waals surface area contributed by atoms with Crippen molar-refractivity contribution in [2.24, 2.45) is 0 Å². The Balaban J connectivity index is 1.95. The number of benzene rings is 2. The van der Waals surface area contributed by atoms with Crippen LogP contribution in [0, 0.1) is 0 Å². The van der Waals surface area contributed by atoms with Gasteiger partial charge in [0.2, 0.25) is 0 Å². The fourth-order valence-electron chi connectivity index (χ4n) is 1.82. The van der Waals surface area contributed by atoms with Crippen LogP contribution in [0.1, 0.15) is 10.4 Å². The lowest BCUT2D eigenvalue weighted by Gasteiger charge is -2.11. The van der Waals surface area contributed by atoms with E-state index >= 15 is 0 Å². The summed E-state index contributed by atoms with van der Waals surface area (Å²) in [4.78, 5) is 22.7. The fraction of sp³-hybridized carbons (Fsp3) is 0.125. The lowest BCUT2D eigenvalue weighted by Crippen LogP contribution is -2.20. The Morgan fingerprint density at radius 2 is 1.96 bits per heavy atom. The van der Waals surface area contributed by atoms with E-state index in [4.69, 9.17) is 16.3 Å². The van der Waals surface area contributed by atoms with Crippen LogP contribution in [-0.2, 0) is 4.79 Å². The molecule has 0 heterocycles. The quantitative estimate of drug-likeness (QED) is 0.768. The molecule has 0 spiro atoms. The Morgan fingerprint density at radius 3 is 2.62 bits per heavy atom. The minimum atomic E-state index is -2.99. The minimum Gasteiger partial charge on any atom is -0.483 e. The predicted octanol–water partition coefficient (Wildman–Crippen LogP) is 3.77. The number of ether oxygens (including phenoxy) is 2. The average Bonchev–Trinajstić information content (AvgIpc) is 2.55. The molecule has 0 aromatic heterocycles. The van der Waals surface area contributed by atoms with E-state index in [2.05, 4.69) is 10.1 Å². The van der Waals surface area contributed by atoms with Crippen molar-refractivity contribution in [1.82, 2.24) is 0 Å². The van der Waals surface area contributed by atoms with Crippen molar-refractivity contribution in [1.29, 1.82) is 0 Å². The van der Waals surface area contributed by atoms with Gasteiger partial charge >= 0.3 is 6.61 Å². The summed E-state index contributed by atoms with van der Waals surface area (Å²) < 4.78 is 33.8. The van der Waals surface area contributed by atoms with E-state index in [0.29, 0.717) is 17.5 Å². The normalized spacial score (nSPS) is 10.3. The summed E-state index contributed by atoms with van der Waals surface area (Å²) in [6, 6.07) is 10.3. The van der Waals surface area contributed by atoms with Crippen LogP contribution in [0.5, 0.6) is 11.5 Å². The maximum absolute atomic E-state index is 12.1. The van der Waals surface area contributed by atoms with E-state index in [-0.39, 0.29) is 23.1 Å². The van der Waals surface area contributed by atoms with Crippen LogP contribution in [0.25, 0.3) is 0 Å². The van der Waals surface area contributed by atoms with Crippen molar-refractivity contribution in [2.45, 2.75) is 6.61 Å². The van der Waals surface area contributed by atoms with Crippen LogP contribution in [0.2, 0.25) is 5.02 Å². The molecular formula is C16H12ClF2NO4. The van der Waals surface area contributed by atoms with Gasteiger partial charge in [0.15, 0.2) is 12.9 Å². The molecule has 8 heteroatoms. The largest absolute Gasteiger partial charge is 0.483 e. The first kappa shape index (κ1) is 17.7. The Kier molecular flexibility index (Phi) is 6.08. The van der Waals surface area contributed by atoms with Crippen molar-refractivity contribution in [3.05, 3.63) is 53.1 Å². The summed E-state index contributed by atoms with van der Waals surface area (Å²) in [5, 5.41) is 2.42. The van der Waals surface area contributed by atoms with E-state index in [0.717, 1.165) is 0 Å². The highest BCUT2D eigenvalue weighted by Crippen LogP contribution is 2.28. The number of carbonyl (C=O) groups is 2. The molecule has 5 nitrogen and oxygen atoms in total. The third-order valence-electron chi connectivity index (χ3n) is 2.84. The Bertz CT molecular complexity index is 740. The molecule has 0 saturated heterocycles. The SMILES string of the molecule is O=Cc1ccccc1OCC(=O)Nc1ccc(OC(F)F)c(Cl)c1. The van der Waals surface area contributed by atoms with Crippen molar-refractivity contribution < 1.29 is 27.8 Å². The van der Waals surface area contributed by atoms with Gasteiger partial charge in [0.25, 0.3) is 5.91 Å². The second-order valence-electron chi connectivity index (χ2n) is 4.52. The molecule has 0 unspecified atom stereocenters. The van der Waals surface area contributed by atoms with E-state index in [9.17, 15) is 18.4 Å². The van der Waals surface area contributed by atoms with Crippen LogP contribution in [0.15, 0.2) is 42.5 Å². The predicted molar refractivity (Wildman–Crippen MR) is 84.0 cm³/mol. The molecule has 2 aromatic carbocycles. The number of nitrogens with one attached hydrogen (secondary N) is 1. The number of anilines is 1. The van der Waals surface area contributed by atoms with Crippen LogP contribution in [-0.4, -0.2) is 25.4 Å². The maximum atomic E-state index is 12.1. The van der Waals surface area contributed by atoms with Gasteiger partial charge in [-0.25, -0.2) is 0 Å². The van der Waals surface area contributed by atoms with Gasteiger partial charge in [-0.15, -0.1) is 0 Å². The molecule has 0 aliphatic heterocycles. The molecule has 126 valence electrons. The molecule has 0 bridgehead atoms. The molecule has 2 aromatic rings. The molecule has 1 amide bonds.